The van der Waals surface area contributed by atoms with Gasteiger partial charge in [-0.15, -0.1) is 0 Å². The van der Waals surface area contributed by atoms with Gasteiger partial charge in [-0.25, -0.2) is 4.39 Å². The molecule has 1 heterocycles. The van der Waals surface area contributed by atoms with Gasteiger partial charge in [0.25, 0.3) is 0 Å². The lowest BCUT2D eigenvalue weighted by Crippen LogP contribution is -2.16. The van der Waals surface area contributed by atoms with Crippen molar-refractivity contribution in [2.24, 2.45) is 10.9 Å². The number of halogens is 1. The van der Waals surface area contributed by atoms with Crippen molar-refractivity contribution in [2.75, 3.05) is 0 Å². The zero-order valence-corrected chi connectivity index (χ0v) is 10.2. The van der Waals surface area contributed by atoms with E-state index in [2.05, 4.69) is 10.1 Å². The van der Waals surface area contributed by atoms with E-state index in [9.17, 15) is 4.39 Å². The van der Waals surface area contributed by atoms with Crippen LogP contribution in [0.25, 0.3) is 0 Å². The summed E-state index contributed by atoms with van der Waals surface area (Å²) in [6.07, 6.45) is 1.62. The standard InChI is InChI=1S/C13H12FN3O2/c1-8-10(6-3-7-16-8)19-11-5-2-4-9(14)12(11)13(15)17-18/h2-7,18H,1H3,(H2,15,17). The second-order valence-electron chi connectivity index (χ2n) is 3.79. The summed E-state index contributed by atoms with van der Waals surface area (Å²) in [7, 11) is 0. The van der Waals surface area contributed by atoms with Gasteiger partial charge in [-0.3, -0.25) is 4.98 Å². The van der Waals surface area contributed by atoms with Crippen LogP contribution in [0, 0.1) is 12.7 Å². The van der Waals surface area contributed by atoms with Crippen molar-refractivity contribution >= 4 is 5.84 Å². The molecule has 98 valence electrons. The fourth-order valence-corrected chi connectivity index (χ4v) is 1.58. The highest BCUT2D eigenvalue weighted by molar-refractivity contribution is 5.99. The molecule has 6 heteroatoms. The van der Waals surface area contributed by atoms with Crippen LogP contribution < -0.4 is 10.5 Å². The van der Waals surface area contributed by atoms with E-state index in [1.807, 2.05) is 0 Å². The van der Waals surface area contributed by atoms with E-state index in [1.54, 1.807) is 25.3 Å². The van der Waals surface area contributed by atoms with E-state index < -0.39 is 5.82 Å². The summed E-state index contributed by atoms with van der Waals surface area (Å²) in [5, 5.41) is 11.5. The summed E-state index contributed by atoms with van der Waals surface area (Å²) in [6.45, 7) is 1.76. The molecular weight excluding hydrogens is 249 g/mol. The molecule has 1 aromatic heterocycles. The molecule has 2 aromatic rings. The lowest BCUT2D eigenvalue weighted by Gasteiger charge is -2.12. The zero-order valence-electron chi connectivity index (χ0n) is 10.2. The van der Waals surface area contributed by atoms with Crippen molar-refractivity contribution in [3.05, 3.63) is 53.6 Å². The number of oxime groups is 1. The fourth-order valence-electron chi connectivity index (χ4n) is 1.58. The third kappa shape index (κ3) is 2.62. The van der Waals surface area contributed by atoms with Crippen LogP contribution in [0.5, 0.6) is 11.5 Å². The molecule has 0 saturated carbocycles. The van der Waals surface area contributed by atoms with Gasteiger partial charge in [-0.2, -0.15) is 0 Å². The minimum Gasteiger partial charge on any atom is -0.455 e. The van der Waals surface area contributed by atoms with E-state index in [-0.39, 0.29) is 17.1 Å². The molecule has 0 spiro atoms. The van der Waals surface area contributed by atoms with E-state index in [1.165, 1.54) is 18.2 Å². The highest BCUT2D eigenvalue weighted by Crippen LogP contribution is 2.28. The molecule has 0 unspecified atom stereocenters. The van der Waals surface area contributed by atoms with Crippen molar-refractivity contribution < 1.29 is 14.3 Å². The number of hydrogen-bond acceptors (Lipinski definition) is 4. The van der Waals surface area contributed by atoms with Crippen LogP contribution in [0.4, 0.5) is 4.39 Å². The van der Waals surface area contributed by atoms with E-state index in [0.29, 0.717) is 11.4 Å². The maximum atomic E-state index is 13.7. The van der Waals surface area contributed by atoms with Gasteiger partial charge in [0.15, 0.2) is 5.84 Å². The molecule has 0 amide bonds. The van der Waals surface area contributed by atoms with Crippen molar-refractivity contribution in [1.82, 2.24) is 4.98 Å². The Morgan fingerprint density at radius 1 is 1.32 bits per heavy atom. The number of ether oxygens (including phenoxy) is 1. The molecule has 0 aliphatic carbocycles. The first kappa shape index (κ1) is 12.8. The van der Waals surface area contributed by atoms with Gasteiger partial charge in [0.2, 0.25) is 0 Å². The number of benzene rings is 1. The summed E-state index contributed by atoms with van der Waals surface area (Å²) in [4.78, 5) is 4.06. The average molecular weight is 261 g/mol. The summed E-state index contributed by atoms with van der Waals surface area (Å²) >= 11 is 0. The molecule has 2 rings (SSSR count). The first-order valence-corrected chi connectivity index (χ1v) is 5.49. The molecule has 0 aliphatic rings. The number of aromatic nitrogens is 1. The summed E-state index contributed by atoms with van der Waals surface area (Å²) < 4.78 is 19.3. The molecule has 0 radical (unpaired) electrons. The second kappa shape index (κ2) is 5.34. The van der Waals surface area contributed by atoms with Crippen LogP contribution in [0.2, 0.25) is 0 Å². The molecule has 0 atom stereocenters. The molecule has 5 nitrogen and oxygen atoms in total. The average Bonchev–Trinajstić information content (AvgIpc) is 2.41. The minimum atomic E-state index is -0.630. The third-order valence-electron chi connectivity index (χ3n) is 2.52. The predicted octanol–water partition coefficient (Wildman–Crippen LogP) is 2.42. The Balaban J connectivity index is 2.47. The number of amidine groups is 1. The van der Waals surface area contributed by atoms with Gasteiger partial charge < -0.3 is 15.7 Å². The van der Waals surface area contributed by atoms with Crippen molar-refractivity contribution in [2.45, 2.75) is 6.92 Å². The second-order valence-corrected chi connectivity index (χ2v) is 3.79. The molecule has 19 heavy (non-hydrogen) atoms. The largest absolute Gasteiger partial charge is 0.455 e. The predicted molar refractivity (Wildman–Crippen MR) is 68.0 cm³/mol. The smallest absolute Gasteiger partial charge is 0.176 e. The van der Waals surface area contributed by atoms with Crippen LogP contribution in [-0.4, -0.2) is 16.0 Å². The van der Waals surface area contributed by atoms with Gasteiger partial charge >= 0.3 is 0 Å². The van der Waals surface area contributed by atoms with Gasteiger partial charge in [0.05, 0.1) is 11.3 Å². The SMILES string of the molecule is Cc1ncccc1Oc1cccc(F)c1C(N)=NO. The topological polar surface area (TPSA) is 80.7 Å². The molecule has 0 fully saturated rings. The number of aryl methyl sites for hydroxylation is 1. The first-order chi connectivity index (χ1) is 9.13. The normalized spacial score (nSPS) is 11.4. The van der Waals surface area contributed by atoms with Crippen LogP contribution in [-0.2, 0) is 0 Å². The van der Waals surface area contributed by atoms with Crippen molar-refractivity contribution in [3.8, 4) is 11.5 Å². The first-order valence-electron chi connectivity index (χ1n) is 5.49. The van der Waals surface area contributed by atoms with Gasteiger partial charge in [-0.1, -0.05) is 11.2 Å². The molecule has 1 aromatic carbocycles. The summed E-state index contributed by atoms with van der Waals surface area (Å²) in [6, 6.07) is 7.61. The Morgan fingerprint density at radius 2 is 2.05 bits per heavy atom. The number of nitrogens with two attached hydrogens (primary N) is 1. The van der Waals surface area contributed by atoms with Crippen LogP contribution >= 0.6 is 0 Å². The Labute approximate surface area is 109 Å². The Hall–Kier alpha value is -2.63. The lowest BCUT2D eigenvalue weighted by atomic mass is 10.1. The molecule has 0 saturated heterocycles. The summed E-state index contributed by atoms with van der Waals surface area (Å²) in [5.74, 6) is -0.351. The maximum absolute atomic E-state index is 13.7. The van der Waals surface area contributed by atoms with Crippen LogP contribution in [0.1, 0.15) is 11.3 Å². The Bertz CT molecular complexity index is 629. The highest BCUT2D eigenvalue weighted by atomic mass is 19.1. The zero-order chi connectivity index (χ0) is 13.8. The summed E-state index contributed by atoms with van der Waals surface area (Å²) in [5.41, 5.74) is 6.01. The Morgan fingerprint density at radius 3 is 2.74 bits per heavy atom. The minimum absolute atomic E-state index is 0.0896. The van der Waals surface area contributed by atoms with Crippen LogP contribution in [0.15, 0.2) is 41.7 Å². The van der Waals surface area contributed by atoms with E-state index in [0.717, 1.165) is 0 Å². The number of rotatable bonds is 3. The highest BCUT2D eigenvalue weighted by Gasteiger charge is 2.15. The number of nitrogens with zero attached hydrogens (tertiary/aromatic N) is 2. The molecule has 0 aliphatic heterocycles. The van der Waals surface area contributed by atoms with E-state index in [4.69, 9.17) is 15.7 Å². The van der Waals surface area contributed by atoms with E-state index >= 15 is 0 Å². The number of hydrogen-bond donors (Lipinski definition) is 2. The maximum Gasteiger partial charge on any atom is 0.176 e. The Kier molecular flexibility index (Phi) is 3.61. The van der Waals surface area contributed by atoms with Gasteiger partial charge in [-0.05, 0) is 31.2 Å². The lowest BCUT2D eigenvalue weighted by molar-refractivity contribution is 0.318. The molecule has 3 N–H and O–H groups in total. The van der Waals surface area contributed by atoms with Gasteiger partial charge in [0, 0.05) is 6.20 Å². The monoisotopic (exact) mass is 261 g/mol. The van der Waals surface area contributed by atoms with Crippen molar-refractivity contribution in [3.63, 3.8) is 0 Å². The quantitative estimate of drug-likeness (QED) is 0.385. The fraction of sp³-hybridized carbons (Fsp3) is 0.0769. The van der Waals surface area contributed by atoms with Crippen molar-refractivity contribution in [1.29, 1.82) is 0 Å². The van der Waals surface area contributed by atoms with Crippen LogP contribution in [0.3, 0.4) is 0 Å². The number of pyridine rings is 1. The third-order valence-corrected chi connectivity index (χ3v) is 2.52. The molecule has 0 bridgehead atoms. The van der Waals surface area contributed by atoms with Gasteiger partial charge in [0.1, 0.15) is 17.3 Å². The molecular formula is C13H12FN3O2.